The fourth-order valence-electron chi connectivity index (χ4n) is 4.05. The molecule has 0 amide bonds. The molecule has 2 atom stereocenters. The minimum atomic E-state index is -2.94. The summed E-state index contributed by atoms with van der Waals surface area (Å²) in [5.41, 5.74) is 2.49. The zero-order valence-corrected chi connectivity index (χ0v) is 15.3. The van der Waals surface area contributed by atoms with Crippen molar-refractivity contribution < 1.29 is 8.42 Å². The van der Waals surface area contributed by atoms with E-state index in [1.165, 1.54) is 11.1 Å². The Balaban J connectivity index is 1.56. The van der Waals surface area contributed by atoms with Gasteiger partial charge in [-0.1, -0.05) is 24.3 Å². The molecule has 1 aromatic heterocycles. The number of hydrogen-bond acceptors (Lipinski definition) is 5. The van der Waals surface area contributed by atoms with Crippen LogP contribution < -0.4 is 0 Å². The number of piperazine rings is 1. The van der Waals surface area contributed by atoms with Crippen LogP contribution in [0.15, 0.2) is 42.7 Å². The van der Waals surface area contributed by atoms with E-state index in [2.05, 4.69) is 39.2 Å². The predicted octanol–water partition coefficient (Wildman–Crippen LogP) is 0.844. The first-order valence-electron chi connectivity index (χ1n) is 8.71. The summed E-state index contributed by atoms with van der Waals surface area (Å²) in [7, 11) is -0.892. The van der Waals surface area contributed by atoms with E-state index < -0.39 is 9.84 Å². The highest BCUT2D eigenvalue weighted by Gasteiger charge is 2.45. The van der Waals surface area contributed by atoms with Crippen molar-refractivity contribution in [2.75, 3.05) is 31.6 Å². The van der Waals surface area contributed by atoms with Crippen LogP contribution in [0.1, 0.15) is 11.1 Å². The summed E-state index contributed by atoms with van der Waals surface area (Å²) < 4.78 is 26.2. The van der Waals surface area contributed by atoms with Crippen LogP contribution in [0.4, 0.5) is 0 Å². The molecule has 1 aromatic carbocycles. The maximum atomic E-state index is 12.2. The van der Waals surface area contributed by atoms with Crippen molar-refractivity contribution in [1.82, 2.24) is 19.6 Å². The number of aromatic nitrogens is 2. The highest BCUT2D eigenvalue weighted by Crippen LogP contribution is 2.27. The number of benzene rings is 1. The third kappa shape index (κ3) is 3.49. The van der Waals surface area contributed by atoms with Gasteiger partial charge in [-0.25, -0.2) is 8.42 Å². The Hall–Kier alpha value is -1.70. The zero-order chi connectivity index (χ0) is 17.4. The van der Waals surface area contributed by atoms with Gasteiger partial charge in [0.2, 0.25) is 0 Å². The normalized spacial score (nSPS) is 26.6. The first kappa shape index (κ1) is 16.8. The molecule has 0 saturated carbocycles. The Kier molecular flexibility index (Phi) is 4.39. The van der Waals surface area contributed by atoms with Crippen molar-refractivity contribution in [2.45, 2.75) is 25.2 Å². The number of fused-ring (bicyclic) bond motifs is 1. The molecule has 6 nitrogen and oxygen atoms in total. The second-order valence-corrected chi connectivity index (χ2v) is 9.29. The number of nitrogens with zero attached hydrogens (tertiary/aromatic N) is 4. The minimum Gasteiger partial charge on any atom is -0.300 e. The Morgan fingerprint density at radius 2 is 1.76 bits per heavy atom. The third-order valence-corrected chi connectivity index (χ3v) is 7.15. The lowest BCUT2D eigenvalue weighted by Crippen LogP contribution is -2.57. The first-order chi connectivity index (χ1) is 12.0. The first-order valence-corrected chi connectivity index (χ1v) is 10.5. The van der Waals surface area contributed by atoms with E-state index >= 15 is 0 Å². The highest BCUT2D eigenvalue weighted by molar-refractivity contribution is 7.91. The van der Waals surface area contributed by atoms with Crippen LogP contribution in [0.2, 0.25) is 0 Å². The average molecular weight is 360 g/mol. The minimum absolute atomic E-state index is 0.0986. The molecule has 2 aromatic rings. The fraction of sp³-hybridized carbons (Fsp3) is 0.500. The van der Waals surface area contributed by atoms with Crippen molar-refractivity contribution >= 4 is 9.84 Å². The van der Waals surface area contributed by atoms with Gasteiger partial charge in [0.25, 0.3) is 0 Å². The van der Waals surface area contributed by atoms with Crippen molar-refractivity contribution in [3.63, 3.8) is 0 Å². The zero-order valence-electron chi connectivity index (χ0n) is 14.5. The van der Waals surface area contributed by atoms with Crippen LogP contribution in [-0.2, 0) is 22.9 Å². The Morgan fingerprint density at radius 3 is 2.48 bits per heavy atom. The van der Waals surface area contributed by atoms with E-state index in [4.69, 9.17) is 0 Å². The van der Waals surface area contributed by atoms with Crippen LogP contribution in [0.25, 0.3) is 0 Å². The SMILES string of the molecule is CN1CCN(Cc2ccccc2Cn2cccn2)[C@@H]2CS(=O)(=O)C[C@@H]21. The second-order valence-electron chi connectivity index (χ2n) is 7.14. The lowest BCUT2D eigenvalue weighted by Gasteiger charge is -2.42. The molecule has 3 heterocycles. The standard InChI is InChI=1S/C18H24N4O2S/c1-20-9-10-21(18-14-25(23,24)13-17(18)20)11-15-5-2-3-6-16(15)12-22-8-4-7-19-22/h2-8,17-18H,9-14H2,1H3/t17-,18+/m0/s1. The maximum absolute atomic E-state index is 12.2. The van der Waals surface area contributed by atoms with Crippen molar-refractivity contribution in [3.05, 3.63) is 53.9 Å². The number of sulfone groups is 1. The predicted molar refractivity (Wildman–Crippen MR) is 97.0 cm³/mol. The van der Waals surface area contributed by atoms with E-state index in [9.17, 15) is 8.42 Å². The van der Waals surface area contributed by atoms with Crippen molar-refractivity contribution in [3.8, 4) is 0 Å². The summed E-state index contributed by atoms with van der Waals surface area (Å²) >= 11 is 0. The summed E-state index contributed by atoms with van der Waals surface area (Å²) in [5.74, 6) is 0.572. The molecule has 0 aliphatic carbocycles. The molecule has 25 heavy (non-hydrogen) atoms. The Labute approximate surface area is 149 Å². The molecule has 2 saturated heterocycles. The lowest BCUT2D eigenvalue weighted by atomic mass is 10.0. The second kappa shape index (κ2) is 6.55. The van der Waals surface area contributed by atoms with Gasteiger partial charge in [-0.05, 0) is 24.2 Å². The van der Waals surface area contributed by atoms with Gasteiger partial charge in [-0.15, -0.1) is 0 Å². The molecular formula is C18H24N4O2S. The van der Waals surface area contributed by atoms with Crippen LogP contribution >= 0.6 is 0 Å². The van der Waals surface area contributed by atoms with E-state index in [1.807, 2.05) is 24.0 Å². The molecule has 2 aliphatic rings. The molecule has 0 bridgehead atoms. The molecule has 0 spiro atoms. The van der Waals surface area contributed by atoms with Crippen LogP contribution in [0, 0.1) is 0 Å². The summed E-state index contributed by atoms with van der Waals surface area (Å²) in [5, 5.41) is 4.30. The molecular weight excluding hydrogens is 336 g/mol. The fourth-order valence-corrected chi connectivity index (χ4v) is 6.13. The summed E-state index contributed by atoms with van der Waals surface area (Å²) in [4.78, 5) is 4.57. The quantitative estimate of drug-likeness (QED) is 0.809. The monoisotopic (exact) mass is 360 g/mol. The molecule has 7 heteroatoms. The van der Waals surface area contributed by atoms with Gasteiger partial charge in [-0.2, -0.15) is 5.10 Å². The Morgan fingerprint density at radius 1 is 1.04 bits per heavy atom. The maximum Gasteiger partial charge on any atom is 0.153 e. The van der Waals surface area contributed by atoms with Crippen molar-refractivity contribution in [1.29, 1.82) is 0 Å². The van der Waals surface area contributed by atoms with Crippen LogP contribution in [-0.4, -0.2) is 71.7 Å². The summed E-state index contributed by atoms with van der Waals surface area (Å²) in [6.45, 7) is 3.35. The average Bonchev–Trinajstić information content (AvgIpc) is 3.19. The van der Waals surface area contributed by atoms with E-state index in [0.717, 1.165) is 26.2 Å². The topological polar surface area (TPSA) is 58.4 Å². The van der Waals surface area contributed by atoms with E-state index in [-0.39, 0.29) is 17.8 Å². The van der Waals surface area contributed by atoms with Crippen molar-refractivity contribution in [2.24, 2.45) is 0 Å². The molecule has 0 radical (unpaired) electrons. The van der Waals surface area contributed by atoms with Gasteiger partial charge in [0.15, 0.2) is 9.84 Å². The summed E-state index contributed by atoms with van der Waals surface area (Å²) in [6, 6.07) is 10.5. The molecule has 0 unspecified atom stereocenters. The highest BCUT2D eigenvalue weighted by atomic mass is 32.2. The lowest BCUT2D eigenvalue weighted by molar-refractivity contribution is 0.0571. The van der Waals surface area contributed by atoms with Crippen LogP contribution in [0.3, 0.4) is 0 Å². The smallest absolute Gasteiger partial charge is 0.153 e. The van der Waals surface area contributed by atoms with Gasteiger partial charge in [0.05, 0.1) is 18.1 Å². The van der Waals surface area contributed by atoms with E-state index in [0.29, 0.717) is 5.75 Å². The van der Waals surface area contributed by atoms with Crippen LogP contribution in [0.5, 0.6) is 0 Å². The number of hydrogen-bond donors (Lipinski definition) is 0. The molecule has 0 N–H and O–H groups in total. The Bertz CT molecular complexity index is 835. The number of likely N-dealkylation sites (N-methyl/N-ethyl adjacent to an activating group) is 1. The molecule has 2 aliphatic heterocycles. The van der Waals surface area contributed by atoms with Gasteiger partial charge in [0.1, 0.15) is 0 Å². The molecule has 134 valence electrons. The molecule has 2 fully saturated rings. The van der Waals surface area contributed by atoms with Gasteiger partial charge >= 0.3 is 0 Å². The van der Waals surface area contributed by atoms with Gasteiger partial charge in [0, 0.05) is 44.1 Å². The van der Waals surface area contributed by atoms with Gasteiger partial charge in [-0.3, -0.25) is 14.5 Å². The summed E-state index contributed by atoms with van der Waals surface area (Å²) in [6.07, 6.45) is 3.75. The van der Waals surface area contributed by atoms with Gasteiger partial charge < -0.3 is 0 Å². The van der Waals surface area contributed by atoms with E-state index in [1.54, 1.807) is 6.20 Å². The third-order valence-electron chi connectivity index (χ3n) is 5.45. The largest absolute Gasteiger partial charge is 0.300 e. The number of rotatable bonds is 4. The molecule has 4 rings (SSSR count).